The zero-order valence-electron chi connectivity index (χ0n) is 17.6. The van der Waals surface area contributed by atoms with E-state index < -0.39 is 32.4 Å². The quantitative estimate of drug-likeness (QED) is 0.434. The average molecular weight is 494 g/mol. The summed E-state index contributed by atoms with van der Waals surface area (Å²) in [7, 11) is -3.30. The van der Waals surface area contributed by atoms with Gasteiger partial charge in [-0.3, -0.25) is 9.40 Å². The van der Waals surface area contributed by atoms with Crippen LogP contribution in [0.3, 0.4) is 0 Å². The maximum absolute atomic E-state index is 13.1. The highest BCUT2D eigenvalue weighted by atomic mass is 32.2. The van der Waals surface area contributed by atoms with Gasteiger partial charge in [-0.15, -0.1) is 0 Å². The highest BCUT2D eigenvalue weighted by Crippen LogP contribution is 2.42. The Kier molecular flexibility index (Phi) is 5.15. The van der Waals surface area contributed by atoms with Gasteiger partial charge in [0.1, 0.15) is 21.8 Å². The Balaban J connectivity index is 1.54. The molecule has 178 valence electrons. The van der Waals surface area contributed by atoms with Crippen molar-refractivity contribution in [3.8, 4) is 11.5 Å². The highest BCUT2D eigenvalue weighted by Gasteiger charge is 2.33. The second-order valence-electron chi connectivity index (χ2n) is 7.52. The number of rotatable bonds is 6. The van der Waals surface area contributed by atoms with E-state index in [4.69, 9.17) is 14.0 Å². The topological polar surface area (TPSA) is 108 Å². The number of nitrogens with one attached hydrogen (secondary N) is 1. The molecule has 0 radical (unpaired) electrons. The molecule has 3 heterocycles. The van der Waals surface area contributed by atoms with Gasteiger partial charge in [-0.1, -0.05) is 5.16 Å². The molecule has 34 heavy (non-hydrogen) atoms. The van der Waals surface area contributed by atoms with Gasteiger partial charge in [0.2, 0.25) is 0 Å². The SMILES string of the molecule is COc1cc(C(F)(F)F)ccc1S(=O)(=O)Nc1noc2cc(Cn3cccn3)c3c(c12)OCC3. The maximum atomic E-state index is 13.1. The van der Waals surface area contributed by atoms with E-state index in [-0.39, 0.29) is 5.82 Å². The molecule has 2 aromatic heterocycles. The van der Waals surface area contributed by atoms with Crippen LogP contribution in [0.4, 0.5) is 19.0 Å². The van der Waals surface area contributed by atoms with Crippen LogP contribution in [0.25, 0.3) is 11.0 Å². The fraction of sp³-hybridized carbons (Fsp3) is 0.238. The largest absolute Gasteiger partial charge is 0.495 e. The van der Waals surface area contributed by atoms with E-state index >= 15 is 0 Å². The zero-order chi connectivity index (χ0) is 24.1. The summed E-state index contributed by atoms with van der Waals surface area (Å²) in [4.78, 5) is -0.480. The summed E-state index contributed by atoms with van der Waals surface area (Å²) in [6, 6.07) is 5.66. The summed E-state index contributed by atoms with van der Waals surface area (Å²) in [5.74, 6) is -0.156. The smallest absolute Gasteiger partial charge is 0.416 e. The predicted octanol–water partition coefficient (Wildman–Crippen LogP) is 3.84. The Morgan fingerprint density at radius 2 is 2.09 bits per heavy atom. The molecule has 9 nitrogen and oxygen atoms in total. The van der Waals surface area contributed by atoms with Crippen molar-refractivity contribution in [2.45, 2.75) is 24.0 Å². The van der Waals surface area contributed by atoms with Crippen LogP contribution in [0.15, 0.2) is 52.1 Å². The van der Waals surface area contributed by atoms with Crippen LogP contribution in [0.1, 0.15) is 16.7 Å². The van der Waals surface area contributed by atoms with Gasteiger partial charge in [-0.05, 0) is 35.9 Å². The lowest BCUT2D eigenvalue weighted by Gasteiger charge is -2.14. The number of ether oxygens (including phenoxy) is 2. The minimum absolute atomic E-state index is 0.138. The van der Waals surface area contributed by atoms with Crippen LogP contribution in [0.2, 0.25) is 0 Å². The number of aromatic nitrogens is 3. The first kappa shape index (κ1) is 22.1. The number of hydrogen-bond donors (Lipinski definition) is 1. The standard InChI is InChI=1S/C21H17F3N4O5S/c1-31-15-10-13(21(22,23)24)3-4-17(15)34(29,30)27-20-18-16(33-26-20)9-12(11-28-7-2-6-25-28)14-5-8-32-19(14)18/h2-4,6-7,9-10H,5,8,11H2,1H3,(H,26,27). The molecule has 4 aromatic rings. The van der Waals surface area contributed by atoms with E-state index in [1.54, 1.807) is 23.0 Å². The van der Waals surface area contributed by atoms with E-state index in [1.807, 2.05) is 6.20 Å². The molecule has 0 saturated heterocycles. The number of sulfonamides is 1. The number of methoxy groups -OCH3 is 1. The summed E-state index contributed by atoms with van der Waals surface area (Å²) >= 11 is 0. The molecule has 0 fully saturated rings. The third kappa shape index (κ3) is 3.81. The normalized spacial score (nSPS) is 13.6. The first-order valence-electron chi connectivity index (χ1n) is 10.00. The van der Waals surface area contributed by atoms with Crippen LogP contribution in [-0.4, -0.2) is 37.1 Å². The number of nitrogens with zero attached hydrogens (tertiary/aromatic N) is 3. The molecule has 13 heteroatoms. The Morgan fingerprint density at radius 3 is 2.79 bits per heavy atom. The van der Waals surface area contributed by atoms with Gasteiger partial charge in [0.25, 0.3) is 10.0 Å². The molecule has 2 aromatic carbocycles. The first-order chi connectivity index (χ1) is 16.2. The van der Waals surface area contributed by atoms with Crippen LogP contribution in [0, 0.1) is 0 Å². The van der Waals surface area contributed by atoms with Gasteiger partial charge in [0.05, 0.1) is 25.8 Å². The van der Waals surface area contributed by atoms with E-state index in [9.17, 15) is 21.6 Å². The van der Waals surface area contributed by atoms with Crippen molar-refractivity contribution in [3.63, 3.8) is 0 Å². The molecule has 1 N–H and O–H groups in total. The summed E-state index contributed by atoms with van der Waals surface area (Å²) in [6.45, 7) is 0.851. The van der Waals surface area contributed by atoms with Crippen molar-refractivity contribution in [1.29, 1.82) is 0 Å². The monoisotopic (exact) mass is 494 g/mol. The van der Waals surface area contributed by atoms with Crippen molar-refractivity contribution < 1.29 is 35.6 Å². The third-order valence-corrected chi connectivity index (χ3v) is 6.79. The molecule has 5 rings (SSSR count). The van der Waals surface area contributed by atoms with Crippen LogP contribution < -0.4 is 14.2 Å². The predicted molar refractivity (Wildman–Crippen MR) is 113 cm³/mol. The number of benzene rings is 2. The minimum Gasteiger partial charge on any atom is -0.495 e. The zero-order valence-corrected chi connectivity index (χ0v) is 18.4. The molecule has 0 unspecified atom stereocenters. The van der Waals surface area contributed by atoms with Gasteiger partial charge >= 0.3 is 6.18 Å². The van der Waals surface area contributed by atoms with Gasteiger partial charge in [-0.25, -0.2) is 8.42 Å². The minimum atomic E-state index is -4.66. The maximum Gasteiger partial charge on any atom is 0.416 e. The lowest BCUT2D eigenvalue weighted by molar-refractivity contribution is -0.137. The van der Waals surface area contributed by atoms with E-state index in [0.29, 0.717) is 48.4 Å². The summed E-state index contributed by atoms with van der Waals surface area (Å²) in [6.07, 6.45) is -0.584. The van der Waals surface area contributed by atoms with Crippen molar-refractivity contribution in [1.82, 2.24) is 14.9 Å². The van der Waals surface area contributed by atoms with Crippen LogP contribution >= 0.6 is 0 Å². The Labute approximate surface area is 191 Å². The molecule has 1 aliphatic rings. The summed E-state index contributed by atoms with van der Waals surface area (Å²) < 4.78 is 85.3. The third-order valence-electron chi connectivity index (χ3n) is 5.41. The van der Waals surface area contributed by atoms with E-state index in [1.165, 1.54) is 0 Å². The summed E-state index contributed by atoms with van der Waals surface area (Å²) in [5, 5.41) is 8.37. The molecule has 0 amide bonds. The van der Waals surface area contributed by atoms with Crippen LogP contribution in [0.5, 0.6) is 11.5 Å². The lowest BCUT2D eigenvalue weighted by atomic mass is 10.0. The van der Waals surface area contributed by atoms with Gasteiger partial charge in [0.15, 0.2) is 11.4 Å². The first-order valence-corrected chi connectivity index (χ1v) is 11.5. The average Bonchev–Trinajstić information content (AvgIpc) is 3.54. The fourth-order valence-corrected chi connectivity index (χ4v) is 5.04. The number of anilines is 1. The molecular weight excluding hydrogens is 477 g/mol. The molecule has 0 aliphatic carbocycles. The van der Waals surface area contributed by atoms with Crippen LogP contribution in [-0.2, 0) is 29.2 Å². The van der Waals surface area contributed by atoms with E-state index in [0.717, 1.165) is 24.3 Å². The number of halogens is 3. The second-order valence-corrected chi connectivity index (χ2v) is 9.17. The number of alkyl halides is 3. The Bertz CT molecular complexity index is 1480. The van der Waals surface area contributed by atoms with Gasteiger partial charge < -0.3 is 14.0 Å². The second kappa shape index (κ2) is 7.94. The molecule has 0 spiro atoms. The molecular formula is C21H17F3N4O5S. The van der Waals surface area contributed by atoms with Gasteiger partial charge in [-0.2, -0.15) is 18.3 Å². The van der Waals surface area contributed by atoms with Crippen molar-refractivity contribution in [2.24, 2.45) is 0 Å². The van der Waals surface area contributed by atoms with Crippen molar-refractivity contribution in [2.75, 3.05) is 18.4 Å². The van der Waals surface area contributed by atoms with E-state index in [2.05, 4.69) is 15.0 Å². The van der Waals surface area contributed by atoms with Crippen molar-refractivity contribution in [3.05, 3.63) is 59.4 Å². The Hall–Kier alpha value is -3.74. The molecule has 0 saturated carbocycles. The highest BCUT2D eigenvalue weighted by molar-refractivity contribution is 7.92. The number of hydrogen-bond acceptors (Lipinski definition) is 7. The Morgan fingerprint density at radius 1 is 1.26 bits per heavy atom. The number of fused-ring (bicyclic) bond motifs is 3. The molecule has 0 atom stereocenters. The van der Waals surface area contributed by atoms with Crippen molar-refractivity contribution >= 4 is 26.8 Å². The molecule has 0 bridgehead atoms. The lowest BCUT2D eigenvalue weighted by Crippen LogP contribution is -2.15. The van der Waals surface area contributed by atoms with Gasteiger partial charge in [0, 0.05) is 24.4 Å². The summed E-state index contributed by atoms with van der Waals surface area (Å²) in [5.41, 5.74) is 1.02. The molecule has 1 aliphatic heterocycles. The fourth-order valence-electron chi connectivity index (χ4n) is 3.88.